The third-order valence-electron chi connectivity index (χ3n) is 3.31. The van der Waals surface area contributed by atoms with Gasteiger partial charge in [-0.25, -0.2) is 0 Å². The Hall–Kier alpha value is -1.45. The van der Waals surface area contributed by atoms with Gasteiger partial charge in [-0.1, -0.05) is 38.1 Å². The summed E-state index contributed by atoms with van der Waals surface area (Å²) in [6.07, 6.45) is 6.00. The Bertz CT molecular complexity index is 503. The Kier molecular flexibility index (Phi) is 4.28. The summed E-state index contributed by atoms with van der Waals surface area (Å²) in [4.78, 5) is 4.31. The molecule has 1 atom stereocenters. The number of nitrogens with zero attached hydrogens (tertiary/aromatic N) is 1. The van der Waals surface area contributed by atoms with Gasteiger partial charge in [-0.05, 0) is 29.7 Å². The van der Waals surface area contributed by atoms with Crippen LogP contribution in [0.2, 0.25) is 0 Å². The largest absolute Gasteiger partial charge is 0.271 e. The molecule has 0 bridgehead atoms. The first-order chi connectivity index (χ1) is 8.72. The van der Waals surface area contributed by atoms with Crippen molar-refractivity contribution in [2.75, 3.05) is 0 Å². The molecule has 2 rings (SSSR count). The molecule has 0 radical (unpaired) electrons. The maximum atomic E-state index is 5.70. The number of benzene rings is 1. The highest BCUT2D eigenvalue weighted by Gasteiger charge is 2.13. The fourth-order valence-corrected chi connectivity index (χ4v) is 2.25. The van der Waals surface area contributed by atoms with Gasteiger partial charge in [0.15, 0.2) is 0 Å². The zero-order valence-corrected chi connectivity index (χ0v) is 11.1. The molecule has 1 aromatic heterocycles. The molecule has 0 amide bonds. The lowest BCUT2D eigenvalue weighted by Gasteiger charge is -2.18. The Morgan fingerprint density at radius 2 is 1.94 bits per heavy atom. The maximum absolute atomic E-state index is 5.70. The zero-order chi connectivity index (χ0) is 13.0. The van der Waals surface area contributed by atoms with Gasteiger partial charge < -0.3 is 0 Å². The van der Waals surface area contributed by atoms with Crippen LogP contribution in [0.25, 0.3) is 10.8 Å². The summed E-state index contributed by atoms with van der Waals surface area (Å²) in [6.45, 7) is 4.46. The van der Waals surface area contributed by atoms with E-state index in [2.05, 4.69) is 42.5 Å². The summed E-state index contributed by atoms with van der Waals surface area (Å²) < 4.78 is 0. The van der Waals surface area contributed by atoms with E-state index in [1.807, 2.05) is 18.5 Å². The molecule has 0 aliphatic rings. The van der Waals surface area contributed by atoms with Crippen LogP contribution >= 0.6 is 0 Å². The molecule has 0 aliphatic heterocycles. The average molecular weight is 243 g/mol. The number of aromatic nitrogens is 1. The van der Waals surface area contributed by atoms with Crippen molar-refractivity contribution in [2.45, 2.75) is 32.7 Å². The molecule has 0 fully saturated rings. The van der Waals surface area contributed by atoms with E-state index < -0.39 is 0 Å². The Morgan fingerprint density at radius 3 is 2.67 bits per heavy atom. The third-order valence-corrected chi connectivity index (χ3v) is 3.31. The second-order valence-corrected chi connectivity index (χ2v) is 5.14. The summed E-state index contributed by atoms with van der Waals surface area (Å²) >= 11 is 0. The minimum absolute atomic E-state index is 0.172. The van der Waals surface area contributed by atoms with Gasteiger partial charge in [-0.3, -0.25) is 16.3 Å². The number of nitrogens with one attached hydrogen (secondary N) is 1. The number of rotatable bonds is 5. The number of fused-ring (bicyclic) bond motifs is 1. The van der Waals surface area contributed by atoms with Crippen molar-refractivity contribution < 1.29 is 0 Å². The topological polar surface area (TPSA) is 50.9 Å². The van der Waals surface area contributed by atoms with E-state index in [9.17, 15) is 0 Å². The smallest absolute Gasteiger partial charge is 0.0481 e. The molecule has 0 spiro atoms. The maximum Gasteiger partial charge on any atom is 0.0481 e. The zero-order valence-electron chi connectivity index (χ0n) is 11.1. The summed E-state index contributed by atoms with van der Waals surface area (Å²) in [5.74, 6) is 6.39. The fourth-order valence-electron chi connectivity index (χ4n) is 2.25. The number of nitrogens with two attached hydrogens (primary N) is 1. The monoisotopic (exact) mass is 243 g/mol. The molecule has 0 aliphatic carbocycles. The Balaban J connectivity index is 2.32. The van der Waals surface area contributed by atoms with Gasteiger partial charge in [0.25, 0.3) is 0 Å². The predicted octanol–water partition coefficient (Wildman–Crippen LogP) is 3.18. The molecule has 18 heavy (non-hydrogen) atoms. The van der Waals surface area contributed by atoms with Crippen LogP contribution in [0.3, 0.4) is 0 Å². The van der Waals surface area contributed by atoms with Crippen LogP contribution in [0.4, 0.5) is 0 Å². The van der Waals surface area contributed by atoms with Crippen LogP contribution in [-0.4, -0.2) is 4.98 Å². The third kappa shape index (κ3) is 2.86. The van der Waals surface area contributed by atoms with E-state index in [4.69, 9.17) is 5.84 Å². The van der Waals surface area contributed by atoms with E-state index in [0.717, 1.165) is 12.8 Å². The molecular formula is C15H21N3. The van der Waals surface area contributed by atoms with Gasteiger partial charge in [0.05, 0.1) is 0 Å². The van der Waals surface area contributed by atoms with Crippen LogP contribution < -0.4 is 11.3 Å². The lowest BCUT2D eigenvalue weighted by molar-refractivity contribution is 0.449. The number of pyridine rings is 1. The van der Waals surface area contributed by atoms with E-state index in [1.54, 1.807) is 0 Å². The normalized spacial score (nSPS) is 13.1. The second kappa shape index (κ2) is 5.94. The molecule has 0 saturated carbocycles. The highest BCUT2D eigenvalue weighted by atomic mass is 15.2. The molecule has 1 aromatic carbocycles. The van der Waals surface area contributed by atoms with Gasteiger partial charge >= 0.3 is 0 Å². The lowest BCUT2D eigenvalue weighted by Crippen LogP contribution is -2.28. The van der Waals surface area contributed by atoms with Crippen molar-refractivity contribution in [3.8, 4) is 0 Å². The van der Waals surface area contributed by atoms with Crippen molar-refractivity contribution >= 4 is 10.8 Å². The van der Waals surface area contributed by atoms with E-state index >= 15 is 0 Å². The minimum Gasteiger partial charge on any atom is -0.271 e. The van der Waals surface area contributed by atoms with Crippen LogP contribution in [0.15, 0.2) is 36.7 Å². The van der Waals surface area contributed by atoms with Crippen LogP contribution in [0.5, 0.6) is 0 Å². The molecule has 0 saturated heterocycles. The van der Waals surface area contributed by atoms with Gasteiger partial charge in [0.1, 0.15) is 0 Å². The van der Waals surface area contributed by atoms with Gasteiger partial charge in [0.2, 0.25) is 0 Å². The second-order valence-electron chi connectivity index (χ2n) is 5.14. The molecule has 3 nitrogen and oxygen atoms in total. The minimum atomic E-state index is 0.172. The summed E-state index contributed by atoms with van der Waals surface area (Å²) in [6, 6.07) is 8.48. The lowest BCUT2D eigenvalue weighted by atomic mass is 9.96. The molecule has 3 heteroatoms. The highest BCUT2D eigenvalue weighted by Crippen LogP contribution is 2.26. The fraction of sp³-hybridized carbons (Fsp3) is 0.400. The molecule has 3 N–H and O–H groups in total. The standard InChI is InChI=1S/C15H21N3/c1-11(2)7-8-15(18-16)14-10-17-9-12-5-3-4-6-13(12)14/h3-6,9-11,15,18H,7-8,16H2,1-2H3. The van der Waals surface area contributed by atoms with Crippen LogP contribution in [0, 0.1) is 5.92 Å². The Labute approximate surface area is 108 Å². The number of hydrazine groups is 1. The van der Waals surface area contributed by atoms with Crippen molar-refractivity contribution in [1.29, 1.82) is 0 Å². The van der Waals surface area contributed by atoms with Gasteiger partial charge in [0, 0.05) is 23.8 Å². The highest BCUT2D eigenvalue weighted by molar-refractivity contribution is 5.85. The summed E-state index contributed by atoms with van der Waals surface area (Å²) in [7, 11) is 0. The SMILES string of the molecule is CC(C)CCC(NN)c1cncc2ccccc12. The summed E-state index contributed by atoms with van der Waals surface area (Å²) in [5.41, 5.74) is 4.12. The summed E-state index contributed by atoms with van der Waals surface area (Å²) in [5, 5.41) is 2.40. The molecule has 1 unspecified atom stereocenters. The van der Waals surface area contributed by atoms with Gasteiger partial charge in [-0.15, -0.1) is 0 Å². The van der Waals surface area contributed by atoms with Crippen molar-refractivity contribution in [3.63, 3.8) is 0 Å². The van der Waals surface area contributed by atoms with Crippen molar-refractivity contribution in [3.05, 3.63) is 42.2 Å². The first kappa shape index (κ1) is 13.0. The van der Waals surface area contributed by atoms with Crippen LogP contribution in [0.1, 0.15) is 38.3 Å². The average Bonchev–Trinajstić information content (AvgIpc) is 2.39. The first-order valence-corrected chi connectivity index (χ1v) is 6.51. The van der Waals surface area contributed by atoms with Crippen LogP contribution in [-0.2, 0) is 0 Å². The van der Waals surface area contributed by atoms with Gasteiger partial charge in [-0.2, -0.15) is 0 Å². The molecular weight excluding hydrogens is 222 g/mol. The number of hydrogen-bond donors (Lipinski definition) is 2. The van der Waals surface area contributed by atoms with E-state index in [-0.39, 0.29) is 6.04 Å². The Morgan fingerprint density at radius 1 is 1.17 bits per heavy atom. The molecule has 2 aromatic rings. The van der Waals surface area contributed by atoms with E-state index in [1.165, 1.54) is 16.3 Å². The van der Waals surface area contributed by atoms with Crippen molar-refractivity contribution in [1.82, 2.24) is 10.4 Å². The molecule has 96 valence electrons. The quantitative estimate of drug-likeness (QED) is 0.626. The predicted molar refractivity (Wildman–Crippen MR) is 75.9 cm³/mol. The van der Waals surface area contributed by atoms with E-state index in [0.29, 0.717) is 5.92 Å². The number of hydrogen-bond acceptors (Lipinski definition) is 3. The first-order valence-electron chi connectivity index (χ1n) is 6.51. The molecule has 1 heterocycles. The van der Waals surface area contributed by atoms with Crippen molar-refractivity contribution in [2.24, 2.45) is 11.8 Å².